The number of carbonyl (C=O) groups excluding carboxylic acids is 1. The lowest BCUT2D eigenvalue weighted by Crippen LogP contribution is -2.57. The van der Waals surface area contributed by atoms with Crippen molar-refractivity contribution in [2.24, 2.45) is 0 Å². The molecule has 1 saturated heterocycles. The van der Waals surface area contributed by atoms with Gasteiger partial charge in [-0.15, -0.1) is 24.8 Å². The Hall–Kier alpha value is -1.63. The monoisotopic (exact) mass is 358 g/mol. The molecule has 0 spiro atoms. The maximum absolute atomic E-state index is 12.6. The Bertz CT molecular complexity index is 635. The molecular formula is C15H20Cl2N4O2. The van der Waals surface area contributed by atoms with Crippen molar-refractivity contribution >= 4 is 30.7 Å². The number of aromatic nitrogens is 2. The van der Waals surface area contributed by atoms with Crippen molar-refractivity contribution in [3.05, 3.63) is 36.3 Å². The van der Waals surface area contributed by atoms with Crippen molar-refractivity contribution < 1.29 is 9.32 Å². The smallest absolute Gasteiger partial charge is 0.276 e. The summed E-state index contributed by atoms with van der Waals surface area (Å²) in [7, 11) is 0. The summed E-state index contributed by atoms with van der Waals surface area (Å²) in [5, 5.41) is 7.27. The molecule has 0 bridgehead atoms. The summed E-state index contributed by atoms with van der Waals surface area (Å²) in [6.45, 7) is 5.60. The van der Waals surface area contributed by atoms with E-state index in [-0.39, 0.29) is 42.8 Å². The van der Waals surface area contributed by atoms with E-state index in [0.29, 0.717) is 18.0 Å². The van der Waals surface area contributed by atoms with Crippen LogP contribution in [0.1, 0.15) is 24.3 Å². The number of piperazine rings is 1. The molecular weight excluding hydrogens is 339 g/mol. The highest BCUT2D eigenvalue weighted by molar-refractivity contribution is 5.93. The molecule has 2 aromatic heterocycles. The van der Waals surface area contributed by atoms with Gasteiger partial charge in [-0.05, 0) is 26.0 Å². The maximum atomic E-state index is 12.6. The molecule has 1 N–H and O–H groups in total. The van der Waals surface area contributed by atoms with E-state index in [1.54, 1.807) is 18.5 Å². The summed E-state index contributed by atoms with van der Waals surface area (Å²) in [6.07, 6.45) is 3.36. The number of amides is 1. The molecule has 0 aliphatic carbocycles. The van der Waals surface area contributed by atoms with Gasteiger partial charge in [0, 0.05) is 49.2 Å². The summed E-state index contributed by atoms with van der Waals surface area (Å²) in [5.41, 5.74) is 1.21. The Morgan fingerprint density at radius 2 is 2.00 bits per heavy atom. The molecule has 3 rings (SSSR count). The van der Waals surface area contributed by atoms with Gasteiger partial charge < -0.3 is 14.7 Å². The van der Waals surface area contributed by atoms with Gasteiger partial charge in [-0.1, -0.05) is 5.16 Å². The number of rotatable bonds is 2. The predicted octanol–water partition coefficient (Wildman–Crippen LogP) is 2.40. The summed E-state index contributed by atoms with van der Waals surface area (Å²) < 4.78 is 5.28. The van der Waals surface area contributed by atoms with Crippen molar-refractivity contribution in [1.82, 2.24) is 20.4 Å². The molecule has 6 nitrogen and oxygen atoms in total. The third kappa shape index (κ3) is 4.02. The van der Waals surface area contributed by atoms with E-state index in [9.17, 15) is 4.79 Å². The van der Waals surface area contributed by atoms with Crippen LogP contribution in [0.2, 0.25) is 0 Å². The van der Waals surface area contributed by atoms with E-state index >= 15 is 0 Å². The van der Waals surface area contributed by atoms with Crippen LogP contribution >= 0.6 is 24.8 Å². The van der Waals surface area contributed by atoms with Gasteiger partial charge in [0.1, 0.15) is 0 Å². The molecule has 2 unspecified atom stereocenters. The number of nitrogens with one attached hydrogen (secondary N) is 1. The molecule has 3 heterocycles. The normalized spacial score (nSPS) is 20.3. The molecule has 23 heavy (non-hydrogen) atoms. The van der Waals surface area contributed by atoms with Gasteiger partial charge in [-0.3, -0.25) is 9.78 Å². The number of carbonyl (C=O) groups is 1. The van der Waals surface area contributed by atoms with Crippen molar-refractivity contribution in [2.75, 3.05) is 13.1 Å². The summed E-state index contributed by atoms with van der Waals surface area (Å²) in [6, 6.07) is 5.74. The molecule has 1 amide bonds. The third-order valence-corrected chi connectivity index (χ3v) is 3.99. The molecule has 2 atom stereocenters. The van der Waals surface area contributed by atoms with Crippen molar-refractivity contribution in [3.8, 4) is 11.3 Å². The van der Waals surface area contributed by atoms with Gasteiger partial charge in [0.2, 0.25) is 0 Å². The highest BCUT2D eigenvalue weighted by Crippen LogP contribution is 2.21. The topological polar surface area (TPSA) is 71.3 Å². The first-order chi connectivity index (χ1) is 10.2. The van der Waals surface area contributed by atoms with Crippen LogP contribution in [0.3, 0.4) is 0 Å². The van der Waals surface area contributed by atoms with Gasteiger partial charge in [-0.25, -0.2) is 0 Å². The van der Waals surface area contributed by atoms with E-state index in [0.717, 1.165) is 12.1 Å². The fourth-order valence-corrected chi connectivity index (χ4v) is 2.52. The Morgan fingerprint density at radius 1 is 1.30 bits per heavy atom. The molecule has 1 aliphatic heterocycles. The minimum atomic E-state index is -0.0834. The van der Waals surface area contributed by atoms with Crippen LogP contribution < -0.4 is 5.32 Å². The quantitative estimate of drug-likeness (QED) is 0.892. The summed E-state index contributed by atoms with van der Waals surface area (Å²) in [4.78, 5) is 18.4. The molecule has 8 heteroatoms. The first-order valence-electron chi connectivity index (χ1n) is 7.08. The fourth-order valence-electron chi connectivity index (χ4n) is 2.52. The number of halogens is 2. The number of hydrogen-bond donors (Lipinski definition) is 1. The first-order valence-corrected chi connectivity index (χ1v) is 7.08. The van der Waals surface area contributed by atoms with E-state index in [2.05, 4.69) is 22.4 Å². The Labute approximate surface area is 147 Å². The van der Waals surface area contributed by atoms with Crippen LogP contribution in [0.5, 0.6) is 0 Å². The molecule has 1 aliphatic rings. The second-order valence-electron chi connectivity index (χ2n) is 5.29. The van der Waals surface area contributed by atoms with Crippen molar-refractivity contribution in [1.29, 1.82) is 0 Å². The SMILES string of the molecule is CC1NCCN(C(=O)c2cc(-c3ccncc3)on2)C1C.Cl.Cl. The summed E-state index contributed by atoms with van der Waals surface area (Å²) >= 11 is 0. The highest BCUT2D eigenvalue weighted by atomic mass is 35.5. The van der Waals surface area contributed by atoms with Crippen LogP contribution in [0.4, 0.5) is 0 Å². The minimum absolute atomic E-state index is 0. The van der Waals surface area contributed by atoms with Gasteiger partial charge in [-0.2, -0.15) is 0 Å². The molecule has 1 fully saturated rings. The zero-order valence-electron chi connectivity index (χ0n) is 12.9. The predicted molar refractivity (Wildman–Crippen MR) is 92.2 cm³/mol. The highest BCUT2D eigenvalue weighted by Gasteiger charge is 2.30. The van der Waals surface area contributed by atoms with Gasteiger partial charge in [0.05, 0.1) is 0 Å². The average Bonchev–Trinajstić information content (AvgIpc) is 3.00. The Balaban J connectivity index is 0.00000132. The van der Waals surface area contributed by atoms with Gasteiger partial charge in [0.15, 0.2) is 11.5 Å². The second-order valence-corrected chi connectivity index (χ2v) is 5.29. The van der Waals surface area contributed by atoms with Crippen LogP contribution in [0, 0.1) is 0 Å². The largest absolute Gasteiger partial charge is 0.355 e. The first kappa shape index (κ1) is 19.4. The lowest BCUT2D eigenvalue weighted by Gasteiger charge is -2.38. The number of pyridine rings is 1. The van der Waals surface area contributed by atoms with Gasteiger partial charge >= 0.3 is 0 Å². The second kappa shape index (κ2) is 8.29. The van der Waals surface area contributed by atoms with Crippen LogP contribution in [0.15, 0.2) is 35.1 Å². The molecule has 0 aromatic carbocycles. The number of hydrogen-bond acceptors (Lipinski definition) is 5. The maximum Gasteiger partial charge on any atom is 0.276 e. The van der Waals surface area contributed by atoms with E-state index in [1.165, 1.54) is 0 Å². The Morgan fingerprint density at radius 3 is 2.70 bits per heavy atom. The third-order valence-electron chi connectivity index (χ3n) is 3.99. The summed E-state index contributed by atoms with van der Waals surface area (Å²) in [5.74, 6) is 0.497. The average molecular weight is 359 g/mol. The van der Waals surface area contributed by atoms with E-state index < -0.39 is 0 Å². The lowest BCUT2D eigenvalue weighted by atomic mass is 10.1. The van der Waals surface area contributed by atoms with E-state index in [4.69, 9.17) is 4.52 Å². The van der Waals surface area contributed by atoms with Crippen molar-refractivity contribution in [3.63, 3.8) is 0 Å². The van der Waals surface area contributed by atoms with Gasteiger partial charge in [0.25, 0.3) is 5.91 Å². The number of nitrogens with zero attached hydrogens (tertiary/aromatic N) is 3. The fraction of sp³-hybridized carbons (Fsp3) is 0.400. The lowest BCUT2D eigenvalue weighted by molar-refractivity contribution is 0.0592. The Kier molecular flexibility index (Phi) is 7.00. The van der Waals surface area contributed by atoms with E-state index in [1.807, 2.05) is 24.0 Å². The minimum Gasteiger partial charge on any atom is -0.355 e. The van der Waals surface area contributed by atoms with Crippen molar-refractivity contribution in [2.45, 2.75) is 25.9 Å². The standard InChI is InChI=1S/C15H18N4O2.2ClH/c1-10-11(2)19(8-7-17-10)15(20)13-9-14(21-18-13)12-3-5-16-6-4-12;;/h3-6,9-11,17H,7-8H2,1-2H3;2*1H. The zero-order chi connectivity index (χ0) is 14.8. The van der Waals surface area contributed by atoms with Crippen LogP contribution in [-0.2, 0) is 0 Å². The van der Waals surface area contributed by atoms with Crippen LogP contribution in [0.25, 0.3) is 11.3 Å². The molecule has 0 saturated carbocycles. The molecule has 126 valence electrons. The molecule has 0 radical (unpaired) electrons. The van der Waals surface area contributed by atoms with Crippen LogP contribution in [-0.4, -0.2) is 46.1 Å². The molecule has 2 aromatic rings. The zero-order valence-corrected chi connectivity index (χ0v) is 14.6.